The SMILES string of the molecule is CCOc1ccc(C2C(=C(O)c3ccc4c(c3)CC(C)O4)C(=O)C(=O)N2c2nc(C)c(C(C)=O)s2)cc1OCC. The van der Waals surface area contributed by atoms with Gasteiger partial charge in [-0.3, -0.25) is 19.3 Å². The Morgan fingerprint density at radius 3 is 2.52 bits per heavy atom. The monoisotopic (exact) mass is 562 g/mol. The van der Waals surface area contributed by atoms with E-state index in [1.54, 1.807) is 43.3 Å². The Labute approximate surface area is 236 Å². The van der Waals surface area contributed by atoms with Crippen LogP contribution in [-0.2, 0) is 16.0 Å². The zero-order valence-corrected chi connectivity index (χ0v) is 23.8. The minimum atomic E-state index is -1.02. The number of ether oxygens (including phenoxy) is 3. The molecule has 3 aromatic rings. The highest BCUT2D eigenvalue weighted by molar-refractivity contribution is 7.18. The van der Waals surface area contributed by atoms with Crippen molar-refractivity contribution in [2.24, 2.45) is 0 Å². The van der Waals surface area contributed by atoms with Gasteiger partial charge in [-0.25, -0.2) is 4.98 Å². The predicted octanol–water partition coefficient (Wildman–Crippen LogP) is 5.40. The molecule has 0 spiro atoms. The van der Waals surface area contributed by atoms with Crippen LogP contribution < -0.4 is 19.1 Å². The second-order valence-electron chi connectivity index (χ2n) is 9.66. The summed E-state index contributed by atoms with van der Waals surface area (Å²) < 4.78 is 17.3. The Kier molecular flexibility index (Phi) is 7.37. The lowest BCUT2D eigenvalue weighted by molar-refractivity contribution is -0.132. The number of aryl methyl sites for hydroxylation is 1. The van der Waals surface area contributed by atoms with Gasteiger partial charge in [-0.2, -0.15) is 0 Å². The topological polar surface area (TPSA) is 115 Å². The van der Waals surface area contributed by atoms with Crippen LogP contribution in [0.4, 0.5) is 5.13 Å². The second kappa shape index (κ2) is 10.8. The number of anilines is 1. The van der Waals surface area contributed by atoms with Gasteiger partial charge in [0.25, 0.3) is 5.78 Å². The summed E-state index contributed by atoms with van der Waals surface area (Å²) in [7, 11) is 0. The molecule has 0 radical (unpaired) electrons. The van der Waals surface area contributed by atoms with Crippen LogP contribution in [0.2, 0.25) is 0 Å². The molecule has 10 heteroatoms. The molecule has 1 aromatic heterocycles. The summed E-state index contributed by atoms with van der Waals surface area (Å²) in [6.45, 7) is 9.55. The number of fused-ring (bicyclic) bond motifs is 1. The summed E-state index contributed by atoms with van der Waals surface area (Å²) in [5.41, 5.74) is 2.20. The highest BCUT2D eigenvalue weighted by atomic mass is 32.1. The third kappa shape index (κ3) is 4.72. The van der Waals surface area contributed by atoms with Crippen molar-refractivity contribution < 1.29 is 33.7 Å². The Morgan fingerprint density at radius 2 is 1.85 bits per heavy atom. The highest BCUT2D eigenvalue weighted by Gasteiger charge is 2.48. The summed E-state index contributed by atoms with van der Waals surface area (Å²) in [6.07, 6.45) is 0.666. The number of Topliss-reactive ketones (excluding diaryl/α,β-unsaturated/α-hetero) is 2. The molecule has 208 valence electrons. The van der Waals surface area contributed by atoms with Crippen molar-refractivity contribution in [2.45, 2.75) is 53.2 Å². The first-order valence-corrected chi connectivity index (χ1v) is 13.9. The van der Waals surface area contributed by atoms with E-state index >= 15 is 0 Å². The lowest BCUT2D eigenvalue weighted by Crippen LogP contribution is -2.29. The zero-order chi connectivity index (χ0) is 28.7. The number of aliphatic hydroxyl groups excluding tert-OH is 1. The average molecular weight is 563 g/mol. The summed E-state index contributed by atoms with van der Waals surface area (Å²) in [6, 6.07) is 9.33. The molecule has 2 aromatic carbocycles. The number of hydrogen-bond donors (Lipinski definition) is 1. The number of amides is 1. The first kappa shape index (κ1) is 27.4. The molecule has 0 bridgehead atoms. The molecular formula is C30H30N2O7S. The molecule has 2 atom stereocenters. The molecule has 2 unspecified atom stereocenters. The van der Waals surface area contributed by atoms with Gasteiger partial charge in [-0.15, -0.1) is 0 Å². The van der Waals surface area contributed by atoms with Crippen molar-refractivity contribution in [1.82, 2.24) is 4.98 Å². The van der Waals surface area contributed by atoms with Gasteiger partial charge in [0.15, 0.2) is 22.4 Å². The van der Waals surface area contributed by atoms with Crippen LogP contribution >= 0.6 is 11.3 Å². The van der Waals surface area contributed by atoms with Crippen LogP contribution in [0, 0.1) is 6.92 Å². The Hall–Kier alpha value is -4.18. The summed E-state index contributed by atoms with van der Waals surface area (Å²) in [4.78, 5) is 45.5. The number of aliphatic hydroxyl groups is 1. The van der Waals surface area contributed by atoms with Crippen LogP contribution in [0.25, 0.3) is 5.76 Å². The third-order valence-electron chi connectivity index (χ3n) is 6.81. The Bertz CT molecular complexity index is 1560. The van der Waals surface area contributed by atoms with Crippen LogP contribution in [0.1, 0.15) is 65.8 Å². The van der Waals surface area contributed by atoms with Crippen molar-refractivity contribution in [3.05, 3.63) is 69.2 Å². The summed E-state index contributed by atoms with van der Waals surface area (Å²) >= 11 is 1.04. The van der Waals surface area contributed by atoms with E-state index in [1.807, 2.05) is 20.8 Å². The van der Waals surface area contributed by atoms with Crippen molar-refractivity contribution in [1.29, 1.82) is 0 Å². The fourth-order valence-electron chi connectivity index (χ4n) is 5.12. The second-order valence-corrected chi connectivity index (χ2v) is 10.6. The molecule has 1 saturated heterocycles. The maximum Gasteiger partial charge on any atom is 0.301 e. The van der Waals surface area contributed by atoms with E-state index in [4.69, 9.17) is 14.2 Å². The molecule has 2 aliphatic rings. The number of aromatic nitrogens is 1. The van der Waals surface area contributed by atoms with Crippen molar-refractivity contribution in [3.63, 3.8) is 0 Å². The molecule has 0 aliphatic carbocycles. The van der Waals surface area contributed by atoms with Crippen LogP contribution in [0.15, 0.2) is 42.0 Å². The van der Waals surface area contributed by atoms with Gasteiger partial charge in [0.1, 0.15) is 17.6 Å². The molecule has 40 heavy (non-hydrogen) atoms. The van der Waals surface area contributed by atoms with Gasteiger partial charge in [-0.1, -0.05) is 17.4 Å². The van der Waals surface area contributed by atoms with E-state index in [0.717, 1.165) is 22.6 Å². The van der Waals surface area contributed by atoms with Crippen molar-refractivity contribution >= 4 is 39.7 Å². The normalized spacial score (nSPS) is 19.5. The first-order valence-electron chi connectivity index (χ1n) is 13.1. The minimum Gasteiger partial charge on any atom is -0.507 e. The molecule has 9 nitrogen and oxygen atoms in total. The molecule has 0 saturated carbocycles. The molecule has 2 aliphatic heterocycles. The molecule has 1 amide bonds. The van der Waals surface area contributed by atoms with Crippen molar-refractivity contribution in [2.75, 3.05) is 18.1 Å². The fourth-order valence-corrected chi connectivity index (χ4v) is 6.11. The van der Waals surface area contributed by atoms with Gasteiger partial charge in [-0.05, 0) is 69.2 Å². The minimum absolute atomic E-state index is 0.00225. The largest absolute Gasteiger partial charge is 0.507 e. The van der Waals surface area contributed by atoms with E-state index in [0.29, 0.717) is 52.8 Å². The third-order valence-corrected chi connectivity index (χ3v) is 8.07. The smallest absolute Gasteiger partial charge is 0.301 e. The number of carbonyl (C=O) groups is 3. The highest BCUT2D eigenvalue weighted by Crippen LogP contribution is 2.46. The fraction of sp³-hybridized carbons (Fsp3) is 0.333. The maximum absolute atomic E-state index is 13.6. The van der Waals surface area contributed by atoms with Crippen molar-refractivity contribution in [3.8, 4) is 17.2 Å². The van der Waals surface area contributed by atoms with E-state index in [9.17, 15) is 19.5 Å². The van der Waals surface area contributed by atoms with E-state index in [2.05, 4.69) is 4.98 Å². The Morgan fingerprint density at radius 1 is 1.12 bits per heavy atom. The van der Waals surface area contributed by atoms with E-state index < -0.39 is 17.7 Å². The van der Waals surface area contributed by atoms with Gasteiger partial charge in [0.2, 0.25) is 0 Å². The number of rotatable bonds is 8. The molecule has 1 fully saturated rings. The van der Waals surface area contributed by atoms with Crippen LogP contribution in [0.3, 0.4) is 0 Å². The number of hydrogen-bond acceptors (Lipinski definition) is 9. The number of nitrogens with zero attached hydrogens (tertiary/aromatic N) is 2. The number of thiazole rings is 1. The molecule has 1 N–H and O–H groups in total. The average Bonchev–Trinajstić information content (AvgIpc) is 3.57. The standard InChI is InChI=1S/C30H30N2O7S/c1-6-37-22-11-8-18(14-23(22)38-7-2)25-24(26(34)19-9-10-21-20(13-19)12-15(3)39-21)27(35)29(36)32(25)30-31-16(4)28(40-30)17(5)33/h8-11,13-15,25,34H,6-7,12H2,1-5H3. The number of ketones is 2. The van der Waals surface area contributed by atoms with Crippen LogP contribution in [0.5, 0.6) is 17.2 Å². The van der Waals surface area contributed by atoms with Crippen LogP contribution in [-0.4, -0.2) is 46.9 Å². The van der Waals surface area contributed by atoms with Gasteiger partial charge >= 0.3 is 5.91 Å². The zero-order valence-electron chi connectivity index (χ0n) is 22.9. The first-order chi connectivity index (χ1) is 19.1. The Balaban J connectivity index is 1.71. The van der Waals surface area contributed by atoms with E-state index in [-0.39, 0.29) is 28.4 Å². The number of benzene rings is 2. The quantitative estimate of drug-likeness (QED) is 0.168. The molecule has 5 rings (SSSR count). The summed E-state index contributed by atoms with van der Waals surface area (Å²) in [5.74, 6) is -0.512. The van der Waals surface area contributed by atoms with E-state index in [1.165, 1.54) is 11.8 Å². The molecule has 3 heterocycles. The predicted molar refractivity (Wildman–Crippen MR) is 151 cm³/mol. The lowest BCUT2D eigenvalue weighted by Gasteiger charge is -2.24. The van der Waals surface area contributed by atoms with Gasteiger partial charge < -0.3 is 19.3 Å². The number of carbonyl (C=O) groups excluding carboxylic acids is 3. The van der Waals surface area contributed by atoms with Gasteiger partial charge in [0.05, 0.1) is 35.4 Å². The van der Waals surface area contributed by atoms with Gasteiger partial charge in [0, 0.05) is 18.9 Å². The lowest BCUT2D eigenvalue weighted by atomic mass is 9.94. The molecular weight excluding hydrogens is 532 g/mol. The summed E-state index contributed by atoms with van der Waals surface area (Å²) in [5, 5.41) is 11.8. The maximum atomic E-state index is 13.6.